The van der Waals surface area contributed by atoms with Crippen LogP contribution in [0.5, 0.6) is 0 Å². The molecule has 116 valence electrons. The Kier molecular flexibility index (Phi) is 7.19. The highest BCUT2D eigenvalue weighted by atomic mass is 35.5. The molecule has 5 nitrogen and oxygen atoms in total. The molecule has 0 spiro atoms. The summed E-state index contributed by atoms with van der Waals surface area (Å²) in [5.74, 6) is -0.503. The van der Waals surface area contributed by atoms with Crippen molar-refractivity contribution < 1.29 is 14.3 Å². The van der Waals surface area contributed by atoms with Crippen molar-refractivity contribution in [1.82, 2.24) is 10.6 Å². The summed E-state index contributed by atoms with van der Waals surface area (Å²) in [6.45, 7) is 4.26. The van der Waals surface area contributed by atoms with Crippen molar-refractivity contribution in [3.8, 4) is 0 Å². The third kappa shape index (κ3) is 6.14. The van der Waals surface area contributed by atoms with Gasteiger partial charge in [-0.3, -0.25) is 14.9 Å². The van der Waals surface area contributed by atoms with E-state index in [1.165, 1.54) is 7.11 Å². The van der Waals surface area contributed by atoms with Crippen LogP contribution in [0.25, 0.3) is 0 Å². The predicted octanol–water partition coefficient (Wildman–Crippen LogP) is 1.74. The Hall–Kier alpha value is -1.59. The van der Waals surface area contributed by atoms with Gasteiger partial charge >= 0.3 is 5.97 Å². The van der Waals surface area contributed by atoms with E-state index in [4.69, 9.17) is 16.3 Å². The number of halogens is 1. The van der Waals surface area contributed by atoms with E-state index in [-0.39, 0.29) is 24.3 Å². The molecule has 0 aliphatic heterocycles. The standard InChI is InChI=1S/C15H21ClN2O3/c1-10(2)14(15(20)21-3)18-9-13(19)17-8-11-4-6-12(16)7-5-11/h4-7,10,14,18H,8-9H2,1-3H3,(H,17,19)/t14-/m1/s1. The SMILES string of the molecule is COC(=O)[C@H](NCC(=O)NCc1ccc(Cl)cc1)C(C)C. The van der Waals surface area contributed by atoms with Gasteiger partial charge in [-0.2, -0.15) is 0 Å². The minimum absolute atomic E-state index is 0.0431. The largest absolute Gasteiger partial charge is 0.468 e. The molecule has 0 unspecified atom stereocenters. The first kappa shape index (κ1) is 17.5. The van der Waals surface area contributed by atoms with Crippen molar-refractivity contribution in [2.45, 2.75) is 26.4 Å². The highest BCUT2D eigenvalue weighted by Crippen LogP contribution is 2.09. The molecule has 6 heteroatoms. The van der Waals surface area contributed by atoms with E-state index in [1.807, 2.05) is 26.0 Å². The number of amides is 1. The minimum Gasteiger partial charge on any atom is -0.468 e. The molecule has 1 rings (SSSR count). The van der Waals surface area contributed by atoms with Crippen LogP contribution in [0.3, 0.4) is 0 Å². The molecule has 1 amide bonds. The van der Waals surface area contributed by atoms with Crippen molar-refractivity contribution >= 4 is 23.5 Å². The molecule has 0 aromatic heterocycles. The van der Waals surface area contributed by atoms with Crippen LogP contribution in [0.4, 0.5) is 0 Å². The molecule has 0 saturated carbocycles. The van der Waals surface area contributed by atoms with Crippen LogP contribution in [0.1, 0.15) is 19.4 Å². The van der Waals surface area contributed by atoms with Crippen LogP contribution in [0, 0.1) is 5.92 Å². The number of esters is 1. The summed E-state index contributed by atoms with van der Waals surface area (Å²) in [5.41, 5.74) is 0.959. The molecule has 1 aromatic carbocycles. The number of hydrogen-bond donors (Lipinski definition) is 2. The maximum absolute atomic E-state index is 11.8. The van der Waals surface area contributed by atoms with Gasteiger partial charge in [-0.25, -0.2) is 0 Å². The van der Waals surface area contributed by atoms with Gasteiger partial charge in [-0.05, 0) is 23.6 Å². The topological polar surface area (TPSA) is 67.4 Å². The summed E-state index contributed by atoms with van der Waals surface area (Å²) in [6.07, 6.45) is 0. The first-order valence-corrected chi connectivity index (χ1v) is 7.14. The number of carbonyl (C=O) groups excluding carboxylic acids is 2. The van der Waals surface area contributed by atoms with E-state index in [2.05, 4.69) is 10.6 Å². The fraction of sp³-hybridized carbons (Fsp3) is 0.467. The van der Waals surface area contributed by atoms with E-state index in [0.717, 1.165) is 5.56 Å². The Morgan fingerprint density at radius 1 is 1.24 bits per heavy atom. The molecule has 0 saturated heterocycles. The summed E-state index contributed by atoms with van der Waals surface area (Å²) in [5, 5.41) is 6.34. The van der Waals surface area contributed by atoms with E-state index in [1.54, 1.807) is 12.1 Å². The second-order valence-electron chi connectivity index (χ2n) is 5.03. The monoisotopic (exact) mass is 312 g/mol. The summed E-state index contributed by atoms with van der Waals surface area (Å²) in [4.78, 5) is 23.3. The van der Waals surface area contributed by atoms with Gasteiger partial charge in [0.15, 0.2) is 0 Å². The van der Waals surface area contributed by atoms with Gasteiger partial charge in [0.05, 0.1) is 13.7 Å². The number of nitrogens with one attached hydrogen (secondary N) is 2. The van der Waals surface area contributed by atoms with Gasteiger partial charge in [-0.15, -0.1) is 0 Å². The quantitative estimate of drug-likeness (QED) is 0.753. The van der Waals surface area contributed by atoms with Crippen LogP contribution >= 0.6 is 11.6 Å². The Labute approximate surface area is 130 Å². The Morgan fingerprint density at radius 3 is 2.38 bits per heavy atom. The Bertz CT molecular complexity index is 474. The van der Waals surface area contributed by atoms with E-state index >= 15 is 0 Å². The van der Waals surface area contributed by atoms with Gasteiger partial charge in [0, 0.05) is 11.6 Å². The third-order valence-electron chi connectivity index (χ3n) is 3.01. The maximum atomic E-state index is 11.8. The van der Waals surface area contributed by atoms with Crippen LogP contribution in [-0.4, -0.2) is 31.6 Å². The molecule has 0 aliphatic carbocycles. The molecule has 0 aliphatic rings. The molecule has 1 atom stereocenters. The highest BCUT2D eigenvalue weighted by Gasteiger charge is 2.22. The number of ether oxygens (including phenoxy) is 1. The van der Waals surface area contributed by atoms with Crippen molar-refractivity contribution in [3.05, 3.63) is 34.9 Å². The zero-order valence-corrected chi connectivity index (χ0v) is 13.2. The van der Waals surface area contributed by atoms with Gasteiger partial charge in [0.25, 0.3) is 0 Å². The molecule has 0 bridgehead atoms. The zero-order valence-electron chi connectivity index (χ0n) is 12.5. The minimum atomic E-state index is -0.490. The Balaban J connectivity index is 2.39. The van der Waals surface area contributed by atoms with Crippen LogP contribution in [0.2, 0.25) is 5.02 Å². The number of hydrogen-bond acceptors (Lipinski definition) is 4. The van der Waals surface area contributed by atoms with Crippen molar-refractivity contribution in [2.75, 3.05) is 13.7 Å². The molecule has 21 heavy (non-hydrogen) atoms. The van der Waals surface area contributed by atoms with Crippen molar-refractivity contribution in [2.24, 2.45) is 5.92 Å². The fourth-order valence-corrected chi connectivity index (χ4v) is 1.91. The number of rotatable bonds is 7. The lowest BCUT2D eigenvalue weighted by Gasteiger charge is -2.19. The predicted molar refractivity (Wildman–Crippen MR) is 81.9 cm³/mol. The fourth-order valence-electron chi connectivity index (χ4n) is 1.79. The lowest BCUT2D eigenvalue weighted by atomic mass is 10.0. The first-order chi connectivity index (χ1) is 9.93. The average molecular weight is 313 g/mol. The maximum Gasteiger partial charge on any atom is 0.323 e. The molecular formula is C15H21ClN2O3. The molecule has 1 aromatic rings. The van der Waals surface area contributed by atoms with Crippen molar-refractivity contribution in [3.63, 3.8) is 0 Å². The van der Waals surface area contributed by atoms with E-state index < -0.39 is 6.04 Å². The van der Waals surface area contributed by atoms with Gasteiger partial charge < -0.3 is 10.1 Å². The normalized spacial score (nSPS) is 12.0. The van der Waals surface area contributed by atoms with Gasteiger partial charge in [-0.1, -0.05) is 37.6 Å². The average Bonchev–Trinajstić information content (AvgIpc) is 2.46. The second kappa shape index (κ2) is 8.64. The summed E-state index contributed by atoms with van der Waals surface area (Å²) in [7, 11) is 1.33. The summed E-state index contributed by atoms with van der Waals surface area (Å²) in [6, 6.07) is 6.75. The smallest absolute Gasteiger partial charge is 0.323 e. The molecular weight excluding hydrogens is 292 g/mol. The van der Waals surface area contributed by atoms with Gasteiger partial charge in [0.2, 0.25) is 5.91 Å². The summed E-state index contributed by atoms with van der Waals surface area (Å²) < 4.78 is 4.70. The van der Waals surface area contributed by atoms with Crippen LogP contribution in [0.15, 0.2) is 24.3 Å². The lowest BCUT2D eigenvalue weighted by Crippen LogP contribution is -2.46. The molecule has 0 fully saturated rings. The van der Waals surface area contributed by atoms with E-state index in [0.29, 0.717) is 11.6 Å². The number of benzene rings is 1. The van der Waals surface area contributed by atoms with Gasteiger partial charge in [0.1, 0.15) is 6.04 Å². The first-order valence-electron chi connectivity index (χ1n) is 6.76. The molecule has 0 heterocycles. The van der Waals surface area contributed by atoms with Crippen LogP contribution < -0.4 is 10.6 Å². The molecule has 0 radical (unpaired) electrons. The lowest BCUT2D eigenvalue weighted by molar-refractivity contribution is -0.144. The van der Waals surface area contributed by atoms with E-state index in [9.17, 15) is 9.59 Å². The number of carbonyl (C=O) groups is 2. The zero-order chi connectivity index (χ0) is 15.8. The Morgan fingerprint density at radius 2 is 1.86 bits per heavy atom. The van der Waals surface area contributed by atoms with Crippen molar-refractivity contribution in [1.29, 1.82) is 0 Å². The number of methoxy groups -OCH3 is 1. The second-order valence-corrected chi connectivity index (χ2v) is 5.47. The van der Waals surface area contributed by atoms with Crippen LogP contribution in [-0.2, 0) is 20.9 Å². The summed E-state index contributed by atoms with van der Waals surface area (Å²) >= 11 is 5.79. The third-order valence-corrected chi connectivity index (χ3v) is 3.26. The highest BCUT2D eigenvalue weighted by molar-refractivity contribution is 6.30. The molecule has 2 N–H and O–H groups in total.